The molecule has 0 aliphatic heterocycles. The normalized spacial score (nSPS) is 18.1. The zero-order chi connectivity index (χ0) is 12.6. The summed E-state index contributed by atoms with van der Waals surface area (Å²) < 4.78 is 36.8. The van der Waals surface area contributed by atoms with Crippen LogP contribution in [0.4, 0.5) is 0 Å². The van der Waals surface area contributed by atoms with E-state index < -0.39 is 10.1 Å². The number of hydrogen-bond donors (Lipinski definition) is 2. The van der Waals surface area contributed by atoms with Crippen LogP contribution in [0.1, 0.15) is 23.3 Å². The summed E-state index contributed by atoms with van der Waals surface area (Å²) in [5, 5.41) is 12.1. The molecule has 0 saturated heterocycles. The molecular weight excluding hydrogens is 266 g/mol. The fourth-order valence-corrected chi connectivity index (χ4v) is 4.31. The molecule has 1 aliphatic carbocycles. The van der Waals surface area contributed by atoms with Crippen LogP contribution < -0.4 is 4.74 Å². The number of ether oxygens (including phenoxy) is 1. The molecule has 0 aromatic carbocycles. The summed E-state index contributed by atoms with van der Waals surface area (Å²) in [6.45, 7) is 0. The molecule has 17 heavy (non-hydrogen) atoms. The summed E-state index contributed by atoms with van der Waals surface area (Å²) in [6, 6.07) is 0. The minimum Gasteiger partial charge on any atom is -0.486 e. The fraction of sp³-hybridized carbons (Fsp3) is 0.444. The average molecular weight is 277 g/mol. The summed E-state index contributed by atoms with van der Waals surface area (Å²) in [5.41, 5.74) is 0.915. The third kappa shape index (κ3) is 2.03. The molecule has 8 heteroatoms. The monoisotopic (exact) mass is 277 g/mol. The highest BCUT2D eigenvalue weighted by atomic mass is 32.2. The molecule has 1 aromatic heterocycles. The van der Waals surface area contributed by atoms with E-state index in [1.165, 1.54) is 7.11 Å². The Morgan fingerprint density at radius 1 is 1.41 bits per heavy atom. The number of methoxy groups -OCH3 is 1. The van der Waals surface area contributed by atoms with E-state index in [-0.39, 0.29) is 9.96 Å². The van der Waals surface area contributed by atoms with Crippen molar-refractivity contribution in [2.75, 3.05) is 7.11 Å². The van der Waals surface area contributed by atoms with Gasteiger partial charge in [-0.1, -0.05) is 16.5 Å². The van der Waals surface area contributed by atoms with E-state index in [1.54, 1.807) is 0 Å². The largest absolute Gasteiger partial charge is 0.486 e. The fourth-order valence-electron chi connectivity index (χ4n) is 1.92. The van der Waals surface area contributed by atoms with Crippen molar-refractivity contribution in [1.29, 1.82) is 0 Å². The number of nitrogens with zero attached hydrogens (tertiary/aromatic N) is 1. The standard InChI is InChI=1S/C9H11NO5S2/c1-15-9-8(17(12,13)14)5-3-2-4-6(10-11)7(5)16-9/h11H,2-4H2,1H3,(H,12,13,14)/b10-6+. The van der Waals surface area contributed by atoms with Crippen molar-refractivity contribution in [3.8, 4) is 5.06 Å². The second-order valence-corrected chi connectivity index (χ2v) is 5.95. The molecule has 1 aliphatic rings. The first-order valence-corrected chi connectivity index (χ1v) is 7.13. The van der Waals surface area contributed by atoms with Gasteiger partial charge in [0.1, 0.15) is 0 Å². The van der Waals surface area contributed by atoms with Gasteiger partial charge in [-0.05, 0) is 24.8 Å². The predicted octanol–water partition coefficient (Wildman–Crippen LogP) is 1.52. The van der Waals surface area contributed by atoms with Crippen molar-refractivity contribution in [2.24, 2.45) is 5.16 Å². The summed E-state index contributed by atoms with van der Waals surface area (Å²) >= 11 is 1.07. The van der Waals surface area contributed by atoms with E-state index in [2.05, 4.69) is 5.16 Å². The molecule has 94 valence electrons. The Bertz CT molecular complexity index is 572. The van der Waals surface area contributed by atoms with Gasteiger partial charge in [-0.3, -0.25) is 4.55 Å². The number of rotatable bonds is 2. The molecule has 0 bridgehead atoms. The molecule has 0 amide bonds. The van der Waals surface area contributed by atoms with Gasteiger partial charge in [0.25, 0.3) is 10.1 Å². The van der Waals surface area contributed by atoms with Crippen LogP contribution in [-0.4, -0.2) is 31.0 Å². The van der Waals surface area contributed by atoms with Crippen molar-refractivity contribution in [3.63, 3.8) is 0 Å². The maximum Gasteiger partial charge on any atom is 0.299 e. The first kappa shape index (κ1) is 12.3. The molecule has 0 saturated carbocycles. The summed E-state index contributed by atoms with van der Waals surface area (Å²) in [7, 11) is -2.99. The van der Waals surface area contributed by atoms with Crippen LogP contribution in [0.15, 0.2) is 10.1 Å². The lowest BCUT2D eigenvalue weighted by Gasteiger charge is -2.12. The van der Waals surface area contributed by atoms with Gasteiger partial charge < -0.3 is 9.94 Å². The maximum absolute atomic E-state index is 11.3. The molecule has 6 nitrogen and oxygen atoms in total. The maximum atomic E-state index is 11.3. The molecule has 0 unspecified atom stereocenters. The predicted molar refractivity (Wildman–Crippen MR) is 61.9 cm³/mol. The van der Waals surface area contributed by atoms with Crippen LogP contribution in [0.5, 0.6) is 5.06 Å². The van der Waals surface area contributed by atoms with E-state index in [0.717, 1.165) is 11.3 Å². The van der Waals surface area contributed by atoms with Crippen molar-refractivity contribution in [1.82, 2.24) is 0 Å². The lowest BCUT2D eigenvalue weighted by molar-refractivity contribution is 0.317. The third-order valence-electron chi connectivity index (χ3n) is 2.59. The van der Waals surface area contributed by atoms with E-state index in [9.17, 15) is 13.0 Å². The molecule has 0 radical (unpaired) electrons. The number of thiophene rings is 1. The van der Waals surface area contributed by atoms with Crippen LogP contribution in [0.3, 0.4) is 0 Å². The second-order valence-electron chi connectivity index (χ2n) is 3.61. The average Bonchev–Trinajstić information content (AvgIpc) is 2.66. The van der Waals surface area contributed by atoms with Gasteiger partial charge in [0.2, 0.25) is 0 Å². The van der Waals surface area contributed by atoms with Gasteiger partial charge >= 0.3 is 0 Å². The van der Waals surface area contributed by atoms with Crippen LogP contribution in [0, 0.1) is 0 Å². The second kappa shape index (κ2) is 4.28. The Kier molecular flexibility index (Phi) is 3.11. The van der Waals surface area contributed by atoms with Gasteiger partial charge in [-0.25, -0.2) is 0 Å². The van der Waals surface area contributed by atoms with E-state index in [4.69, 9.17) is 9.94 Å². The molecular formula is C9H11NO5S2. The number of oxime groups is 1. The van der Waals surface area contributed by atoms with Gasteiger partial charge in [0.15, 0.2) is 9.96 Å². The highest BCUT2D eigenvalue weighted by Gasteiger charge is 2.31. The first-order chi connectivity index (χ1) is 7.99. The topological polar surface area (TPSA) is 96.2 Å². The molecule has 1 aromatic rings. The summed E-state index contributed by atoms with van der Waals surface area (Å²) in [4.78, 5) is 0.379. The van der Waals surface area contributed by atoms with E-state index >= 15 is 0 Å². The quantitative estimate of drug-likeness (QED) is 0.485. The highest BCUT2D eigenvalue weighted by molar-refractivity contribution is 7.86. The molecule has 1 heterocycles. The summed E-state index contributed by atoms with van der Waals surface area (Å²) in [5.74, 6) is 0. The Morgan fingerprint density at radius 3 is 2.65 bits per heavy atom. The first-order valence-electron chi connectivity index (χ1n) is 4.87. The van der Waals surface area contributed by atoms with Crippen molar-refractivity contribution >= 4 is 27.2 Å². The third-order valence-corrected chi connectivity index (χ3v) is 4.91. The van der Waals surface area contributed by atoms with E-state index in [1.807, 2.05) is 0 Å². The van der Waals surface area contributed by atoms with E-state index in [0.29, 0.717) is 35.4 Å². The minimum absolute atomic E-state index is 0.126. The van der Waals surface area contributed by atoms with Gasteiger partial charge in [-0.2, -0.15) is 8.42 Å². The number of fused-ring (bicyclic) bond motifs is 1. The minimum atomic E-state index is -4.33. The van der Waals surface area contributed by atoms with Crippen LogP contribution in [-0.2, 0) is 16.5 Å². The lowest BCUT2D eigenvalue weighted by Crippen LogP contribution is -2.12. The number of hydrogen-bond acceptors (Lipinski definition) is 6. The van der Waals surface area contributed by atoms with Gasteiger partial charge in [0, 0.05) is 0 Å². The lowest BCUT2D eigenvalue weighted by atomic mass is 9.98. The van der Waals surface area contributed by atoms with Crippen LogP contribution in [0.25, 0.3) is 0 Å². The zero-order valence-corrected chi connectivity index (χ0v) is 10.6. The Balaban J connectivity index is 2.73. The molecule has 2 N–H and O–H groups in total. The smallest absolute Gasteiger partial charge is 0.299 e. The van der Waals surface area contributed by atoms with Crippen molar-refractivity contribution < 1.29 is 22.9 Å². The molecule has 0 fully saturated rings. The van der Waals surface area contributed by atoms with Crippen LogP contribution >= 0.6 is 11.3 Å². The summed E-state index contributed by atoms with van der Waals surface area (Å²) in [6.07, 6.45) is 1.77. The SMILES string of the molecule is COc1sc2c(c1S(=O)(=O)O)CCC/C2=N\O. The Morgan fingerprint density at radius 2 is 2.12 bits per heavy atom. The van der Waals surface area contributed by atoms with Gasteiger partial charge in [0.05, 0.1) is 17.7 Å². The van der Waals surface area contributed by atoms with Gasteiger partial charge in [-0.15, -0.1) is 0 Å². The molecule has 0 spiro atoms. The zero-order valence-electron chi connectivity index (χ0n) is 9.00. The van der Waals surface area contributed by atoms with Crippen molar-refractivity contribution in [3.05, 3.63) is 10.4 Å². The highest BCUT2D eigenvalue weighted by Crippen LogP contribution is 2.42. The van der Waals surface area contributed by atoms with Crippen LogP contribution in [0.2, 0.25) is 0 Å². The Hall–Kier alpha value is -1.12. The van der Waals surface area contributed by atoms with Crippen molar-refractivity contribution in [2.45, 2.75) is 24.2 Å². The molecule has 2 rings (SSSR count). The molecule has 0 atom stereocenters. The Labute approximate surface area is 102 Å².